The molecule has 2 aromatic carbocycles. The lowest BCUT2D eigenvalue weighted by Crippen LogP contribution is -2.32. The lowest BCUT2D eigenvalue weighted by molar-refractivity contribution is -0.117. The summed E-state index contributed by atoms with van der Waals surface area (Å²) in [6.07, 6.45) is 1.41. The molecule has 0 bridgehead atoms. The standard InChI is InChI=1S/C27H32N6O4/c1-6-12-31-25(36)20-10-9-19(24(35)28-18(5)7-2)14-22(20)33-26(31)30-32(27(33)37)15-23(34)29-21-11-8-16(3)13-17(21)4/h8-11,13-14,18H,6-7,12,15H2,1-5H3,(H,28,35)(H,29,34). The summed E-state index contributed by atoms with van der Waals surface area (Å²) >= 11 is 0. The third-order valence-corrected chi connectivity index (χ3v) is 6.43. The minimum atomic E-state index is -0.569. The zero-order valence-corrected chi connectivity index (χ0v) is 21.8. The molecule has 0 fully saturated rings. The fourth-order valence-electron chi connectivity index (χ4n) is 4.27. The molecule has 10 heteroatoms. The van der Waals surface area contributed by atoms with Gasteiger partial charge in [0.2, 0.25) is 11.7 Å². The van der Waals surface area contributed by atoms with E-state index in [4.69, 9.17) is 0 Å². The molecule has 0 radical (unpaired) electrons. The van der Waals surface area contributed by atoms with Crippen LogP contribution in [0.5, 0.6) is 0 Å². The van der Waals surface area contributed by atoms with Crippen molar-refractivity contribution in [1.29, 1.82) is 0 Å². The molecule has 4 aromatic rings. The molecule has 1 atom stereocenters. The molecule has 10 nitrogen and oxygen atoms in total. The summed E-state index contributed by atoms with van der Waals surface area (Å²) in [4.78, 5) is 52.4. The molecule has 2 heterocycles. The van der Waals surface area contributed by atoms with Crippen LogP contribution in [-0.2, 0) is 17.9 Å². The minimum absolute atomic E-state index is 0.0260. The molecular formula is C27H32N6O4. The Hall–Kier alpha value is -4.21. The van der Waals surface area contributed by atoms with Gasteiger partial charge in [0.25, 0.3) is 11.5 Å². The molecule has 0 saturated heterocycles. The first-order chi connectivity index (χ1) is 17.6. The molecule has 2 aromatic heterocycles. The normalized spacial score (nSPS) is 12.1. The van der Waals surface area contributed by atoms with Crippen molar-refractivity contribution in [1.82, 2.24) is 24.1 Å². The summed E-state index contributed by atoms with van der Waals surface area (Å²) in [5, 5.41) is 10.4. The van der Waals surface area contributed by atoms with Crippen molar-refractivity contribution in [3.05, 3.63) is 73.9 Å². The molecule has 0 aliphatic heterocycles. The average molecular weight is 505 g/mol. The summed E-state index contributed by atoms with van der Waals surface area (Å²) in [7, 11) is 0. The maximum Gasteiger partial charge on any atom is 0.352 e. The van der Waals surface area contributed by atoms with E-state index in [9.17, 15) is 19.2 Å². The van der Waals surface area contributed by atoms with Crippen LogP contribution < -0.4 is 21.9 Å². The number of aryl methyl sites for hydroxylation is 3. The maximum atomic E-state index is 13.5. The SMILES string of the molecule is CCCn1c(=O)c2ccc(C(=O)NC(C)CC)cc2n2c(=O)n(CC(=O)Nc3ccc(C)cc3C)nc12. The van der Waals surface area contributed by atoms with E-state index in [-0.39, 0.29) is 35.3 Å². The first-order valence-corrected chi connectivity index (χ1v) is 12.5. The fourth-order valence-corrected chi connectivity index (χ4v) is 4.27. The molecule has 0 aliphatic rings. The quantitative estimate of drug-likeness (QED) is 0.382. The van der Waals surface area contributed by atoms with Crippen molar-refractivity contribution in [2.24, 2.45) is 0 Å². The zero-order chi connectivity index (χ0) is 26.9. The highest BCUT2D eigenvalue weighted by molar-refractivity contribution is 5.98. The Balaban J connectivity index is 1.81. The monoisotopic (exact) mass is 504 g/mol. The van der Waals surface area contributed by atoms with Gasteiger partial charge in [-0.2, -0.15) is 0 Å². The van der Waals surface area contributed by atoms with E-state index < -0.39 is 11.6 Å². The van der Waals surface area contributed by atoms with E-state index >= 15 is 0 Å². The second kappa shape index (κ2) is 10.4. The number of anilines is 1. The highest BCUT2D eigenvalue weighted by Crippen LogP contribution is 2.17. The first-order valence-electron chi connectivity index (χ1n) is 12.5. The second-order valence-corrected chi connectivity index (χ2v) is 9.41. The van der Waals surface area contributed by atoms with Crippen molar-refractivity contribution in [3.63, 3.8) is 0 Å². The molecule has 37 heavy (non-hydrogen) atoms. The minimum Gasteiger partial charge on any atom is -0.350 e. The lowest BCUT2D eigenvalue weighted by atomic mass is 10.1. The summed E-state index contributed by atoms with van der Waals surface area (Å²) in [5.41, 5.74) is 2.35. The summed E-state index contributed by atoms with van der Waals surface area (Å²) < 4.78 is 3.78. The highest BCUT2D eigenvalue weighted by Gasteiger charge is 2.20. The van der Waals surface area contributed by atoms with Crippen LogP contribution in [0.15, 0.2) is 46.0 Å². The van der Waals surface area contributed by atoms with E-state index in [1.807, 2.05) is 52.8 Å². The number of fused-ring (bicyclic) bond motifs is 3. The van der Waals surface area contributed by atoms with E-state index in [1.165, 1.54) is 15.0 Å². The van der Waals surface area contributed by atoms with Gasteiger partial charge in [0.15, 0.2) is 0 Å². The third kappa shape index (κ3) is 5.04. The van der Waals surface area contributed by atoms with E-state index in [1.54, 1.807) is 12.1 Å². The van der Waals surface area contributed by atoms with Gasteiger partial charge in [0.05, 0.1) is 10.9 Å². The zero-order valence-electron chi connectivity index (χ0n) is 21.8. The van der Waals surface area contributed by atoms with Gasteiger partial charge in [-0.3, -0.25) is 19.0 Å². The number of rotatable bonds is 8. The summed E-state index contributed by atoms with van der Waals surface area (Å²) in [6, 6.07) is 10.3. The Bertz CT molecular complexity index is 1630. The Kier molecular flexibility index (Phi) is 7.28. The number of benzene rings is 2. The van der Waals surface area contributed by atoms with Gasteiger partial charge in [-0.15, -0.1) is 5.10 Å². The number of aromatic nitrogens is 4. The van der Waals surface area contributed by atoms with Crippen LogP contribution in [0.2, 0.25) is 0 Å². The molecule has 0 spiro atoms. The summed E-state index contributed by atoms with van der Waals surface area (Å²) in [6.45, 7) is 9.66. The number of hydrogen-bond donors (Lipinski definition) is 2. The molecule has 4 rings (SSSR count). The van der Waals surface area contributed by atoms with Crippen LogP contribution in [0.25, 0.3) is 16.7 Å². The van der Waals surface area contributed by atoms with Crippen LogP contribution in [0, 0.1) is 13.8 Å². The molecular weight excluding hydrogens is 472 g/mol. The van der Waals surface area contributed by atoms with Crippen LogP contribution in [0.1, 0.15) is 55.1 Å². The van der Waals surface area contributed by atoms with Crippen LogP contribution >= 0.6 is 0 Å². The smallest absolute Gasteiger partial charge is 0.350 e. The maximum absolute atomic E-state index is 13.5. The van der Waals surface area contributed by atoms with Crippen LogP contribution in [0.3, 0.4) is 0 Å². The molecule has 0 aliphatic carbocycles. The van der Waals surface area contributed by atoms with E-state index in [0.717, 1.165) is 22.2 Å². The molecule has 194 valence electrons. The highest BCUT2D eigenvalue weighted by atomic mass is 16.2. The number of nitrogens with one attached hydrogen (secondary N) is 2. The van der Waals surface area contributed by atoms with Crippen molar-refractivity contribution < 1.29 is 9.59 Å². The molecule has 2 amide bonds. The Morgan fingerprint density at radius 1 is 1.05 bits per heavy atom. The van der Waals surface area contributed by atoms with Gasteiger partial charge in [0.1, 0.15) is 6.54 Å². The van der Waals surface area contributed by atoms with Crippen molar-refractivity contribution >= 4 is 34.2 Å². The fraction of sp³-hybridized carbons (Fsp3) is 0.370. The first kappa shape index (κ1) is 25.9. The Morgan fingerprint density at radius 2 is 1.81 bits per heavy atom. The van der Waals surface area contributed by atoms with Crippen molar-refractivity contribution in [3.8, 4) is 0 Å². The molecule has 2 N–H and O–H groups in total. The Morgan fingerprint density at radius 3 is 2.49 bits per heavy atom. The van der Waals surface area contributed by atoms with E-state index in [2.05, 4.69) is 15.7 Å². The number of nitrogens with zero attached hydrogens (tertiary/aromatic N) is 4. The van der Waals surface area contributed by atoms with Gasteiger partial charge in [-0.05, 0) is 63.4 Å². The second-order valence-electron chi connectivity index (χ2n) is 9.41. The van der Waals surface area contributed by atoms with Crippen LogP contribution in [-0.4, -0.2) is 36.6 Å². The van der Waals surface area contributed by atoms with Crippen molar-refractivity contribution in [2.75, 3.05) is 5.32 Å². The number of amides is 2. The topological polar surface area (TPSA) is 120 Å². The van der Waals surface area contributed by atoms with E-state index in [0.29, 0.717) is 29.6 Å². The summed E-state index contributed by atoms with van der Waals surface area (Å²) in [5.74, 6) is -0.585. The number of hydrogen-bond acceptors (Lipinski definition) is 5. The molecule has 0 saturated carbocycles. The third-order valence-electron chi connectivity index (χ3n) is 6.43. The van der Waals surface area contributed by atoms with Gasteiger partial charge in [0, 0.05) is 23.8 Å². The van der Waals surface area contributed by atoms with Crippen LogP contribution in [0.4, 0.5) is 5.69 Å². The largest absolute Gasteiger partial charge is 0.352 e. The van der Waals surface area contributed by atoms with Crippen molar-refractivity contribution in [2.45, 2.75) is 66.6 Å². The van der Waals surface area contributed by atoms with Gasteiger partial charge in [-0.1, -0.05) is 31.5 Å². The lowest BCUT2D eigenvalue weighted by Gasteiger charge is -2.13. The predicted molar refractivity (Wildman–Crippen MR) is 143 cm³/mol. The van der Waals surface area contributed by atoms with Gasteiger partial charge < -0.3 is 10.6 Å². The Labute approximate surface area is 213 Å². The molecule has 1 unspecified atom stereocenters. The predicted octanol–water partition coefficient (Wildman–Crippen LogP) is 3.00. The van der Waals surface area contributed by atoms with Gasteiger partial charge >= 0.3 is 5.69 Å². The van der Waals surface area contributed by atoms with Gasteiger partial charge in [-0.25, -0.2) is 13.9 Å². The number of carbonyl (C=O) groups is 2. The average Bonchev–Trinajstić information content (AvgIpc) is 3.18. The number of carbonyl (C=O) groups excluding carboxylic acids is 2.